The number of nitrogens with zero attached hydrogens (tertiary/aromatic N) is 4. The highest BCUT2D eigenvalue weighted by Gasteiger charge is 2.54. The zero-order valence-corrected chi connectivity index (χ0v) is 43.7. The average molecular weight is 1020 g/mol. The molecule has 2 amide bonds. The maximum Gasteiger partial charge on any atom is 0.351 e. The smallest absolute Gasteiger partial charge is 0.351 e. The van der Waals surface area contributed by atoms with Gasteiger partial charge in [-0.2, -0.15) is 4.98 Å². The number of aliphatic hydroxyl groups is 1. The lowest BCUT2D eigenvalue weighted by Gasteiger charge is -2.41. The van der Waals surface area contributed by atoms with E-state index in [-0.39, 0.29) is 56.0 Å². The SMILES string of the molecule is COc1ccc(C(=O)N(CCOP(O[C@@]2(O)C[C@H](n3ccc(NC(=O)c4ccccc4)nc3=O)O[C@@H]2COC(c2ccccc2)(c2ccc(OC)cc2)c2ccc(OC)cc2)N(C(C)C)C(C)C)C(C)C)cc1. The van der Waals surface area contributed by atoms with Crippen LogP contribution in [0, 0.1) is 0 Å². The number of carbonyl (C=O) groups excluding carboxylic acids is 2. The van der Waals surface area contributed by atoms with E-state index >= 15 is 0 Å². The predicted molar refractivity (Wildman–Crippen MR) is 280 cm³/mol. The minimum atomic E-state index is -2.17. The molecule has 0 spiro atoms. The Balaban J connectivity index is 1.27. The van der Waals surface area contributed by atoms with Crippen LogP contribution in [0.1, 0.15) is 91.6 Å². The van der Waals surface area contributed by atoms with Crippen LogP contribution in [0.3, 0.4) is 0 Å². The second-order valence-corrected chi connectivity index (χ2v) is 19.7. The Morgan fingerprint density at radius 2 is 1.26 bits per heavy atom. The van der Waals surface area contributed by atoms with Gasteiger partial charge in [-0.3, -0.25) is 18.7 Å². The standard InChI is InChI=1S/C56H66N5O11P/c1-38(2)59(53(63)42-20-26-46(66-7)27-21-42)34-35-70-73(61(39(3)4)40(5)6)72-55(65)36-51(60-33-32-50(58-54(60)64)57-52(62)41-16-12-10-13-17-41)71-49(55)37-69-56(43-18-14-11-15-19-43,44-22-28-47(67-8)29-23-44)45-24-30-48(68-9)31-25-45/h10-33,38-40,49,51,65H,34-37H2,1-9H3,(H,57,58,62,64)/t49-,51-,55+,73?/m1/s1. The highest BCUT2D eigenvalue weighted by atomic mass is 31.2. The maximum absolute atomic E-state index is 14.0. The van der Waals surface area contributed by atoms with Gasteiger partial charge in [0.2, 0.25) is 5.79 Å². The third-order valence-corrected chi connectivity index (χ3v) is 14.7. The summed E-state index contributed by atoms with van der Waals surface area (Å²) in [4.78, 5) is 46.8. The highest BCUT2D eigenvalue weighted by molar-refractivity contribution is 7.44. The summed E-state index contributed by atoms with van der Waals surface area (Å²) < 4.78 is 47.4. The Labute approximate surface area is 428 Å². The Bertz CT molecular complexity index is 2730. The van der Waals surface area contributed by atoms with Crippen molar-refractivity contribution in [2.45, 2.75) is 89.8 Å². The van der Waals surface area contributed by atoms with Gasteiger partial charge in [-0.15, -0.1) is 0 Å². The first-order chi connectivity index (χ1) is 35.1. The van der Waals surface area contributed by atoms with Gasteiger partial charge < -0.3 is 43.5 Å². The van der Waals surface area contributed by atoms with E-state index in [4.69, 9.17) is 32.7 Å². The fourth-order valence-electron chi connectivity index (χ4n) is 8.87. The first-order valence-corrected chi connectivity index (χ1v) is 25.4. The lowest BCUT2D eigenvalue weighted by molar-refractivity contribution is -0.201. The fourth-order valence-corrected chi connectivity index (χ4v) is 10.6. The van der Waals surface area contributed by atoms with Crippen molar-refractivity contribution in [1.29, 1.82) is 0 Å². The number of amides is 2. The molecule has 0 aliphatic carbocycles. The molecule has 386 valence electrons. The molecule has 5 aromatic carbocycles. The summed E-state index contributed by atoms with van der Waals surface area (Å²) in [7, 11) is 2.66. The minimum Gasteiger partial charge on any atom is -0.497 e. The molecule has 1 aromatic heterocycles. The van der Waals surface area contributed by atoms with Crippen LogP contribution >= 0.6 is 8.53 Å². The zero-order valence-electron chi connectivity index (χ0n) is 42.8. The molecule has 16 nitrogen and oxygen atoms in total. The van der Waals surface area contributed by atoms with E-state index in [1.807, 2.05) is 125 Å². The van der Waals surface area contributed by atoms with Gasteiger partial charge in [0.1, 0.15) is 41.0 Å². The number of methoxy groups -OCH3 is 3. The Kier molecular flexibility index (Phi) is 18.2. The number of benzene rings is 5. The highest BCUT2D eigenvalue weighted by Crippen LogP contribution is 2.54. The molecule has 17 heteroatoms. The molecule has 1 saturated heterocycles. The van der Waals surface area contributed by atoms with Gasteiger partial charge in [0, 0.05) is 42.0 Å². The summed E-state index contributed by atoms with van der Waals surface area (Å²) in [5.41, 5.74) is 1.09. The fraction of sp³-hybridized carbons (Fsp3) is 0.357. The third-order valence-electron chi connectivity index (χ3n) is 12.6. The lowest BCUT2D eigenvalue weighted by atomic mass is 9.80. The normalized spacial score (nSPS) is 17.2. The van der Waals surface area contributed by atoms with Crippen LogP contribution in [0.25, 0.3) is 0 Å². The summed E-state index contributed by atoms with van der Waals surface area (Å²) >= 11 is 0. The number of carbonyl (C=O) groups is 2. The first kappa shape index (κ1) is 54.3. The van der Waals surface area contributed by atoms with Crippen LogP contribution in [0.2, 0.25) is 0 Å². The number of aromatic nitrogens is 2. The van der Waals surface area contributed by atoms with Crippen LogP contribution < -0.4 is 25.2 Å². The number of hydrogen-bond acceptors (Lipinski definition) is 13. The Morgan fingerprint density at radius 1 is 0.740 bits per heavy atom. The molecule has 2 N–H and O–H groups in total. The van der Waals surface area contributed by atoms with Gasteiger partial charge >= 0.3 is 5.69 Å². The van der Waals surface area contributed by atoms with E-state index in [0.29, 0.717) is 28.4 Å². The molecule has 2 heterocycles. The molecule has 1 aliphatic rings. The summed E-state index contributed by atoms with van der Waals surface area (Å²) in [6.07, 6.45) is -1.20. The third kappa shape index (κ3) is 12.7. The lowest BCUT2D eigenvalue weighted by Crippen LogP contribution is -2.47. The zero-order chi connectivity index (χ0) is 52.3. The van der Waals surface area contributed by atoms with Crippen molar-refractivity contribution < 1.29 is 47.4 Å². The van der Waals surface area contributed by atoms with Crippen LogP contribution in [-0.4, -0.2) is 107 Å². The van der Waals surface area contributed by atoms with E-state index in [0.717, 1.165) is 16.7 Å². The van der Waals surface area contributed by atoms with Crippen LogP contribution in [0.4, 0.5) is 5.82 Å². The van der Waals surface area contributed by atoms with E-state index < -0.39 is 43.8 Å². The van der Waals surface area contributed by atoms with Crippen LogP contribution in [0.15, 0.2) is 151 Å². The number of anilines is 1. The maximum atomic E-state index is 14.0. The topological polar surface area (TPSA) is 172 Å². The van der Waals surface area contributed by atoms with Gasteiger partial charge in [-0.25, -0.2) is 9.46 Å². The summed E-state index contributed by atoms with van der Waals surface area (Å²) in [6, 6.07) is 41.4. The molecular formula is C56H66N5O11P. The van der Waals surface area contributed by atoms with E-state index in [1.54, 1.807) is 80.8 Å². The van der Waals surface area contributed by atoms with Gasteiger partial charge in [-0.1, -0.05) is 72.8 Å². The largest absolute Gasteiger partial charge is 0.497 e. The first-order valence-electron chi connectivity index (χ1n) is 24.3. The number of nitrogens with one attached hydrogen (secondary N) is 1. The molecule has 0 bridgehead atoms. The van der Waals surface area contributed by atoms with Crippen molar-refractivity contribution in [2.24, 2.45) is 0 Å². The van der Waals surface area contributed by atoms with Gasteiger partial charge in [-0.05, 0) is 125 Å². The van der Waals surface area contributed by atoms with Crippen LogP contribution in [0.5, 0.6) is 17.2 Å². The second kappa shape index (κ2) is 24.5. The molecule has 4 atom stereocenters. The molecule has 0 radical (unpaired) electrons. The van der Waals surface area contributed by atoms with Crippen molar-refractivity contribution in [3.8, 4) is 17.2 Å². The monoisotopic (exact) mass is 1020 g/mol. The van der Waals surface area contributed by atoms with Gasteiger partial charge in [0.25, 0.3) is 20.3 Å². The van der Waals surface area contributed by atoms with Gasteiger partial charge in [0.05, 0.1) is 41.0 Å². The molecular weight excluding hydrogens is 950 g/mol. The molecule has 0 saturated carbocycles. The van der Waals surface area contributed by atoms with Crippen LogP contribution in [-0.2, 0) is 24.1 Å². The molecule has 73 heavy (non-hydrogen) atoms. The van der Waals surface area contributed by atoms with Crippen molar-refractivity contribution in [1.82, 2.24) is 19.1 Å². The summed E-state index contributed by atoms with van der Waals surface area (Å²) in [6.45, 7) is 11.9. The van der Waals surface area contributed by atoms with E-state index in [2.05, 4.69) is 10.3 Å². The van der Waals surface area contributed by atoms with Crippen molar-refractivity contribution in [3.05, 3.63) is 184 Å². The molecule has 1 aliphatic heterocycles. The minimum absolute atomic E-state index is 0.0356. The number of ether oxygens (including phenoxy) is 5. The summed E-state index contributed by atoms with van der Waals surface area (Å²) in [5, 5.41) is 16.0. The Hall–Kier alpha value is -6.49. The predicted octanol–water partition coefficient (Wildman–Crippen LogP) is 9.44. The molecule has 7 rings (SSSR count). The quantitative estimate of drug-likeness (QED) is 0.0354. The Morgan fingerprint density at radius 3 is 1.77 bits per heavy atom. The molecule has 6 aromatic rings. The average Bonchev–Trinajstić information content (AvgIpc) is 3.72. The number of rotatable bonds is 23. The molecule has 1 fully saturated rings. The van der Waals surface area contributed by atoms with Crippen molar-refractivity contribution in [3.63, 3.8) is 0 Å². The van der Waals surface area contributed by atoms with Crippen molar-refractivity contribution in [2.75, 3.05) is 46.4 Å². The number of hydrogen-bond donors (Lipinski definition) is 2. The second-order valence-electron chi connectivity index (χ2n) is 18.3. The molecule has 1 unspecified atom stereocenters. The summed E-state index contributed by atoms with van der Waals surface area (Å²) in [5.74, 6) is -0.828. The van der Waals surface area contributed by atoms with Crippen molar-refractivity contribution >= 4 is 26.2 Å². The van der Waals surface area contributed by atoms with E-state index in [1.165, 1.54) is 16.8 Å². The van der Waals surface area contributed by atoms with E-state index in [9.17, 15) is 19.5 Å². The van der Waals surface area contributed by atoms with Gasteiger partial charge in [0.15, 0.2) is 0 Å².